The van der Waals surface area contributed by atoms with Crippen molar-refractivity contribution in [1.29, 1.82) is 0 Å². The highest BCUT2D eigenvalue weighted by atomic mass is 16.2. The number of amides is 1. The summed E-state index contributed by atoms with van der Waals surface area (Å²) < 4.78 is 1.80. The minimum atomic E-state index is 0.0101. The van der Waals surface area contributed by atoms with E-state index in [0.717, 1.165) is 72.0 Å². The summed E-state index contributed by atoms with van der Waals surface area (Å²) in [5, 5.41) is 11.7. The van der Waals surface area contributed by atoms with Gasteiger partial charge in [-0.3, -0.25) is 14.4 Å². The zero-order valence-corrected chi connectivity index (χ0v) is 16.2. The molecule has 1 atom stereocenters. The van der Waals surface area contributed by atoms with Gasteiger partial charge in [0, 0.05) is 52.4 Å². The number of likely N-dealkylation sites (tertiary alicyclic amines) is 1. The SMILES string of the molecule is CCN1CCC(CN(CC)C(=O)c2cn(CCN3CCNCC3)nn2)C1. The molecule has 1 amide bonds. The van der Waals surface area contributed by atoms with Gasteiger partial charge in [-0.25, -0.2) is 0 Å². The van der Waals surface area contributed by atoms with Crippen molar-refractivity contribution in [3.05, 3.63) is 11.9 Å². The molecule has 0 radical (unpaired) electrons. The van der Waals surface area contributed by atoms with Crippen LogP contribution in [0.5, 0.6) is 0 Å². The molecule has 8 nitrogen and oxygen atoms in total. The standard InChI is InChI=1S/C18H33N7O/c1-3-22-8-5-16(13-22)14-24(4-2)18(26)17-15-25(21-20-17)12-11-23-9-6-19-7-10-23/h15-16,19H,3-14H2,1-2H3. The Morgan fingerprint density at radius 3 is 2.73 bits per heavy atom. The van der Waals surface area contributed by atoms with E-state index in [1.54, 1.807) is 10.9 Å². The molecule has 8 heteroatoms. The van der Waals surface area contributed by atoms with Crippen LogP contribution in [-0.4, -0.2) is 101 Å². The summed E-state index contributed by atoms with van der Waals surface area (Å²) in [5.74, 6) is 0.581. The quantitative estimate of drug-likeness (QED) is 0.700. The third-order valence-corrected chi connectivity index (χ3v) is 5.58. The molecule has 0 aromatic carbocycles. The van der Waals surface area contributed by atoms with Gasteiger partial charge in [0.2, 0.25) is 0 Å². The van der Waals surface area contributed by atoms with Gasteiger partial charge in [0.05, 0.1) is 12.7 Å². The highest BCUT2D eigenvalue weighted by Gasteiger charge is 2.26. The van der Waals surface area contributed by atoms with E-state index in [0.29, 0.717) is 11.6 Å². The lowest BCUT2D eigenvalue weighted by Crippen LogP contribution is -2.44. The predicted octanol–water partition coefficient (Wildman–Crippen LogP) is -0.0128. The van der Waals surface area contributed by atoms with Gasteiger partial charge in [-0.1, -0.05) is 12.1 Å². The summed E-state index contributed by atoms with van der Waals surface area (Å²) >= 11 is 0. The number of nitrogens with one attached hydrogen (secondary N) is 1. The second-order valence-electron chi connectivity index (χ2n) is 7.35. The zero-order chi connectivity index (χ0) is 18.4. The fourth-order valence-corrected chi connectivity index (χ4v) is 3.86. The molecule has 1 unspecified atom stereocenters. The summed E-state index contributed by atoms with van der Waals surface area (Å²) in [6.07, 6.45) is 2.98. The van der Waals surface area contributed by atoms with Crippen LogP contribution in [0.25, 0.3) is 0 Å². The van der Waals surface area contributed by atoms with Gasteiger partial charge < -0.3 is 15.1 Å². The second-order valence-corrected chi connectivity index (χ2v) is 7.35. The van der Waals surface area contributed by atoms with Crippen LogP contribution in [0.3, 0.4) is 0 Å². The normalized spacial score (nSPS) is 22.0. The minimum absolute atomic E-state index is 0.0101. The van der Waals surface area contributed by atoms with E-state index in [1.807, 2.05) is 11.8 Å². The van der Waals surface area contributed by atoms with Crippen molar-refractivity contribution in [1.82, 2.24) is 35.0 Å². The van der Waals surface area contributed by atoms with Crippen molar-refractivity contribution in [2.75, 3.05) is 65.4 Å². The van der Waals surface area contributed by atoms with E-state index >= 15 is 0 Å². The molecule has 26 heavy (non-hydrogen) atoms. The Balaban J connectivity index is 1.50. The van der Waals surface area contributed by atoms with Crippen LogP contribution >= 0.6 is 0 Å². The van der Waals surface area contributed by atoms with Gasteiger partial charge in [0.1, 0.15) is 0 Å². The topological polar surface area (TPSA) is 69.5 Å². The number of aromatic nitrogens is 3. The van der Waals surface area contributed by atoms with Crippen LogP contribution < -0.4 is 5.32 Å². The molecule has 1 aromatic rings. The maximum atomic E-state index is 12.8. The Hall–Kier alpha value is -1.51. The van der Waals surface area contributed by atoms with Gasteiger partial charge in [-0.15, -0.1) is 5.10 Å². The number of hydrogen-bond acceptors (Lipinski definition) is 6. The molecule has 2 saturated heterocycles. The average Bonchev–Trinajstić information content (AvgIpc) is 3.34. The van der Waals surface area contributed by atoms with Crippen molar-refractivity contribution in [3.8, 4) is 0 Å². The first-order chi connectivity index (χ1) is 12.7. The molecular formula is C18H33N7O. The first-order valence-electron chi connectivity index (χ1n) is 10.0. The van der Waals surface area contributed by atoms with E-state index in [9.17, 15) is 4.79 Å². The minimum Gasteiger partial charge on any atom is -0.337 e. The Bertz CT molecular complexity index is 570. The third kappa shape index (κ3) is 5.02. The van der Waals surface area contributed by atoms with Crippen LogP contribution in [-0.2, 0) is 6.54 Å². The first kappa shape index (κ1) is 19.3. The molecule has 0 spiro atoms. The van der Waals surface area contributed by atoms with E-state index in [2.05, 4.69) is 32.4 Å². The lowest BCUT2D eigenvalue weighted by atomic mass is 10.1. The van der Waals surface area contributed by atoms with Gasteiger partial charge >= 0.3 is 0 Å². The molecule has 2 fully saturated rings. The lowest BCUT2D eigenvalue weighted by molar-refractivity contribution is 0.0733. The molecule has 146 valence electrons. The van der Waals surface area contributed by atoms with Crippen LogP contribution in [0, 0.1) is 5.92 Å². The van der Waals surface area contributed by atoms with E-state index < -0.39 is 0 Å². The second kappa shape index (κ2) is 9.43. The first-order valence-corrected chi connectivity index (χ1v) is 10.0. The van der Waals surface area contributed by atoms with Gasteiger partial charge in [-0.05, 0) is 32.4 Å². The number of carbonyl (C=O) groups excluding carboxylic acids is 1. The van der Waals surface area contributed by atoms with E-state index in [-0.39, 0.29) is 5.91 Å². The van der Waals surface area contributed by atoms with Crippen molar-refractivity contribution < 1.29 is 4.79 Å². The molecule has 0 bridgehead atoms. The smallest absolute Gasteiger partial charge is 0.276 e. The Morgan fingerprint density at radius 1 is 1.23 bits per heavy atom. The maximum Gasteiger partial charge on any atom is 0.276 e. The van der Waals surface area contributed by atoms with Gasteiger partial charge in [-0.2, -0.15) is 0 Å². The average molecular weight is 364 g/mol. The summed E-state index contributed by atoms with van der Waals surface area (Å²) in [7, 11) is 0. The van der Waals surface area contributed by atoms with Crippen LogP contribution in [0.4, 0.5) is 0 Å². The molecular weight excluding hydrogens is 330 g/mol. The Labute approximate surface area is 156 Å². The molecule has 2 aliphatic rings. The van der Waals surface area contributed by atoms with Gasteiger partial charge in [0.15, 0.2) is 5.69 Å². The largest absolute Gasteiger partial charge is 0.337 e. The molecule has 0 saturated carbocycles. The van der Waals surface area contributed by atoms with Gasteiger partial charge in [0.25, 0.3) is 5.91 Å². The monoisotopic (exact) mass is 363 g/mol. The summed E-state index contributed by atoms with van der Waals surface area (Å²) in [4.78, 5) is 19.6. The number of rotatable bonds is 8. The van der Waals surface area contributed by atoms with Crippen LogP contribution in [0.1, 0.15) is 30.8 Å². The lowest BCUT2D eigenvalue weighted by Gasteiger charge is -2.26. The van der Waals surface area contributed by atoms with Crippen LogP contribution in [0.15, 0.2) is 6.20 Å². The molecule has 1 aromatic heterocycles. The molecule has 0 aliphatic carbocycles. The maximum absolute atomic E-state index is 12.8. The fourth-order valence-electron chi connectivity index (χ4n) is 3.86. The van der Waals surface area contributed by atoms with E-state index in [4.69, 9.17) is 0 Å². The van der Waals surface area contributed by atoms with Crippen molar-refractivity contribution >= 4 is 5.91 Å². The molecule has 3 rings (SSSR count). The Morgan fingerprint density at radius 2 is 2.04 bits per heavy atom. The Kier molecular flexibility index (Phi) is 6.99. The number of nitrogens with zero attached hydrogens (tertiary/aromatic N) is 6. The highest BCUT2D eigenvalue weighted by Crippen LogP contribution is 2.17. The third-order valence-electron chi connectivity index (χ3n) is 5.58. The summed E-state index contributed by atoms with van der Waals surface area (Å²) in [5.41, 5.74) is 0.470. The van der Waals surface area contributed by atoms with Crippen molar-refractivity contribution in [2.45, 2.75) is 26.8 Å². The van der Waals surface area contributed by atoms with Crippen LogP contribution in [0.2, 0.25) is 0 Å². The number of piperazine rings is 1. The highest BCUT2D eigenvalue weighted by molar-refractivity contribution is 5.91. The molecule has 1 N–H and O–H groups in total. The predicted molar refractivity (Wildman–Crippen MR) is 101 cm³/mol. The van der Waals surface area contributed by atoms with Crippen molar-refractivity contribution in [2.24, 2.45) is 5.92 Å². The van der Waals surface area contributed by atoms with E-state index in [1.165, 1.54) is 6.42 Å². The molecule has 2 aliphatic heterocycles. The fraction of sp³-hybridized carbons (Fsp3) is 0.833. The zero-order valence-electron chi connectivity index (χ0n) is 16.2. The number of carbonyl (C=O) groups is 1. The number of hydrogen-bond donors (Lipinski definition) is 1. The summed E-state index contributed by atoms with van der Waals surface area (Å²) in [6, 6.07) is 0. The van der Waals surface area contributed by atoms with Crippen molar-refractivity contribution in [3.63, 3.8) is 0 Å². The molecule has 3 heterocycles. The summed E-state index contributed by atoms with van der Waals surface area (Å²) in [6.45, 7) is 15.1.